The number of carbonyl (C=O) groups is 2. The number of ether oxygens (including phenoxy) is 1. The van der Waals surface area contributed by atoms with E-state index in [1.165, 1.54) is 32.1 Å². The molecule has 1 aromatic carbocycles. The number of fused-ring (bicyclic) bond motifs is 2. The van der Waals surface area contributed by atoms with Crippen LogP contribution in [0.15, 0.2) is 24.3 Å². The molecule has 2 amide bonds. The first-order chi connectivity index (χ1) is 16.1. The summed E-state index contributed by atoms with van der Waals surface area (Å²) in [7, 11) is 0. The Morgan fingerprint density at radius 1 is 0.758 bits per heavy atom. The summed E-state index contributed by atoms with van der Waals surface area (Å²) in [5.41, 5.74) is 0.734. The van der Waals surface area contributed by atoms with Crippen LogP contribution in [0.2, 0.25) is 0 Å². The topological polar surface area (TPSA) is 67.4 Å². The van der Waals surface area contributed by atoms with Crippen LogP contribution in [0.25, 0.3) is 0 Å². The second-order valence-electron chi connectivity index (χ2n) is 11.7. The standard InChI is InChI=1S/C28H38N2O3/c31-27(19-2-3-19)29-22-6-10-24(11-7-22)33-23-8-4-20(5-9-23)28(32)30-26-12-1-17-13-18-15-21(14-17)25(26)16-18/h4-5,8-9,17-19,21-22,24-26H,1-3,6-7,10-16H2,(H,29,31)(H,30,32)/t17?,18?,21-,22?,24?,25?,26?/m1/s1. The highest BCUT2D eigenvalue weighted by Gasteiger charge is 2.46. The van der Waals surface area contributed by atoms with E-state index >= 15 is 0 Å². The van der Waals surface area contributed by atoms with Gasteiger partial charge in [0.2, 0.25) is 5.91 Å². The van der Waals surface area contributed by atoms with Crippen molar-refractivity contribution in [2.45, 2.75) is 95.2 Å². The lowest BCUT2D eigenvalue weighted by molar-refractivity contribution is -0.123. The maximum Gasteiger partial charge on any atom is 0.251 e. The van der Waals surface area contributed by atoms with Gasteiger partial charge in [-0.05, 0) is 125 Å². The average molecular weight is 451 g/mol. The molecule has 4 unspecified atom stereocenters. The number of amides is 2. The van der Waals surface area contributed by atoms with E-state index in [1.807, 2.05) is 24.3 Å². The van der Waals surface area contributed by atoms with Crippen LogP contribution in [-0.2, 0) is 4.79 Å². The quantitative estimate of drug-likeness (QED) is 0.651. The molecule has 3 bridgehead atoms. The van der Waals surface area contributed by atoms with Crippen LogP contribution in [0.4, 0.5) is 0 Å². The molecule has 5 heteroatoms. The third kappa shape index (κ3) is 4.79. The van der Waals surface area contributed by atoms with Crippen molar-refractivity contribution in [2.24, 2.45) is 29.6 Å². The van der Waals surface area contributed by atoms with Crippen LogP contribution in [0.3, 0.4) is 0 Å². The minimum Gasteiger partial charge on any atom is -0.490 e. The largest absolute Gasteiger partial charge is 0.490 e. The highest BCUT2D eigenvalue weighted by atomic mass is 16.5. The van der Waals surface area contributed by atoms with Crippen LogP contribution in [0.5, 0.6) is 5.75 Å². The summed E-state index contributed by atoms with van der Waals surface area (Å²) in [5.74, 6) is 4.79. The van der Waals surface area contributed by atoms with Gasteiger partial charge in [0.05, 0.1) is 6.10 Å². The molecule has 5 nitrogen and oxygen atoms in total. The van der Waals surface area contributed by atoms with Crippen molar-refractivity contribution in [3.8, 4) is 5.75 Å². The van der Waals surface area contributed by atoms with E-state index in [2.05, 4.69) is 10.6 Å². The summed E-state index contributed by atoms with van der Waals surface area (Å²) in [6.45, 7) is 0. The van der Waals surface area contributed by atoms with Crippen molar-refractivity contribution in [1.29, 1.82) is 0 Å². The summed E-state index contributed by atoms with van der Waals surface area (Å²) in [6, 6.07) is 8.36. The first-order valence-electron chi connectivity index (χ1n) is 13.5. The smallest absolute Gasteiger partial charge is 0.251 e. The Bertz CT molecular complexity index is 872. The molecule has 178 valence electrons. The van der Waals surface area contributed by atoms with Gasteiger partial charge in [-0.15, -0.1) is 0 Å². The van der Waals surface area contributed by atoms with Crippen molar-refractivity contribution in [3.05, 3.63) is 29.8 Å². The van der Waals surface area contributed by atoms with Crippen molar-refractivity contribution >= 4 is 11.8 Å². The van der Waals surface area contributed by atoms with Crippen LogP contribution >= 0.6 is 0 Å². The van der Waals surface area contributed by atoms with Gasteiger partial charge in [0.1, 0.15) is 5.75 Å². The number of hydrogen-bond donors (Lipinski definition) is 2. The Morgan fingerprint density at radius 3 is 2.27 bits per heavy atom. The van der Waals surface area contributed by atoms with E-state index in [1.54, 1.807) is 0 Å². The Kier molecular flexibility index (Phi) is 5.83. The third-order valence-electron chi connectivity index (χ3n) is 9.26. The molecular weight excluding hydrogens is 412 g/mol. The number of rotatable bonds is 6. The Hall–Kier alpha value is -2.04. The first kappa shape index (κ1) is 21.5. The summed E-state index contributed by atoms with van der Waals surface area (Å²) < 4.78 is 6.20. The Balaban J connectivity index is 0.990. The summed E-state index contributed by atoms with van der Waals surface area (Å²) in [6.07, 6.45) is 14.2. The lowest BCUT2D eigenvalue weighted by atomic mass is 9.80. The van der Waals surface area contributed by atoms with E-state index in [0.29, 0.717) is 18.0 Å². The summed E-state index contributed by atoms with van der Waals surface area (Å²) >= 11 is 0. The van der Waals surface area contributed by atoms with Crippen molar-refractivity contribution in [1.82, 2.24) is 10.6 Å². The normalized spacial score (nSPS) is 37.3. The molecule has 6 rings (SSSR count). The molecule has 0 radical (unpaired) electrons. The molecule has 2 N–H and O–H groups in total. The van der Waals surface area contributed by atoms with E-state index in [-0.39, 0.29) is 23.8 Å². The number of benzene rings is 1. The van der Waals surface area contributed by atoms with Crippen LogP contribution in [0.1, 0.15) is 87.4 Å². The first-order valence-corrected chi connectivity index (χ1v) is 13.5. The second kappa shape index (κ2) is 8.96. The second-order valence-corrected chi connectivity index (χ2v) is 11.7. The Morgan fingerprint density at radius 2 is 1.52 bits per heavy atom. The molecule has 5 aliphatic rings. The van der Waals surface area contributed by atoms with Crippen LogP contribution in [-0.4, -0.2) is 30.0 Å². The molecule has 5 fully saturated rings. The SMILES string of the molecule is O=C(NC1CCC2CC3CC1[C@H](C2)C3)c1ccc(OC2CCC(NC(=O)C3CC3)CC2)cc1. The van der Waals surface area contributed by atoms with Crippen LogP contribution in [0, 0.1) is 29.6 Å². The average Bonchev–Trinajstić information content (AvgIpc) is 3.63. The molecule has 0 saturated heterocycles. The van der Waals surface area contributed by atoms with Gasteiger partial charge in [-0.2, -0.15) is 0 Å². The van der Waals surface area contributed by atoms with Gasteiger partial charge in [0.25, 0.3) is 5.91 Å². The fourth-order valence-electron chi connectivity index (χ4n) is 7.39. The monoisotopic (exact) mass is 450 g/mol. The van der Waals surface area contributed by atoms with Gasteiger partial charge in [-0.1, -0.05) is 0 Å². The van der Waals surface area contributed by atoms with Crippen molar-refractivity contribution < 1.29 is 14.3 Å². The lowest BCUT2D eigenvalue weighted by Gasteiger charge is -2.29. The summed E-state index contributed by atoms with van der Waals surface area (Å²) in [4.78, 5) is 25.0. The van der Waals surface area contributed by atoms with Gasteiger partial charge in [-0.25, -0.2) is 0 Å². The predicted molar refractivity (Wildman–Crippen MR) is 127 cm³/mol. The maximum atomic E-state index is 13.0. The maximum absolute atomic E-state index is 13.0. The summed E-state index contributed by atoms with van der Waals surface area (Å²) in [5, 5.41) is 6.61. The number of hydrogen-bond acceptors (Lipinski definition) is 3. The zero-order chi connectivity index (χ0) is 22.4. The molecule has 0 aromatic heterocycles. The number of carbonyl (C=O) groups excluding carboxylic acids is 2. The zero-order valence-electron chi connectivity index (χ0n) is 19.6. The minimum absolute atomic E-state index is 0.0692. The lowest BCUT2D eigenvalue weighted by Crippen LogP contribution is -2.41. The predicted octanol–water partition coefficient (Wildman–Crippen LogP) is 4.85. The van der Waals surface area contributed by atoms with Crippen LogP contribution < -0.4 is 15.4 Å². The minimum atomic E-state index is 0.0692. The molecule has 0 spiro atoms. The van der Waals surface area contributed by atoms with E-state index in [9.17, 15) is 9.59 Å². The van der Waals surface area contributed by atoms with Gasteiger partial charge >= 0.3 is 0 Å². The fraction of sp³-hybridized carbons (Fsp3) is 0.714. The van der Waals surface area contributed by atoms with E-state index < -0.39 is 0 Å². The Labute approximate surface area is 197 Å². The van der Waals surface area contributed by atoms with Gasteiger partial charge in [0, 0.05) is 23.6 Å². The van der Waals surface area contributed by atoms with E-state index in [0.717, 1.165) is 74.0 Å². The van der Waals surface area contributed by atoms with Gasteiger partial charge < -0.3 is 15.4 Å². The molecule has 1 aromatic rings. The fourth-order valence-corrected chi connectivity index (χ4v) is 7.39. The zero-order valence-corrected chi connectivity index (χ0v) is 19.6. The molecule has 5 aliphatic carbocycles. The number of nitrogens with one attached hydrogen (secondary N) is 2. The highest BCUT2D eigenvalue weighted by molar-refractivity contribution is 5.94. The van der Waals surface area contributed by atoms with E-state index in [4.69, 9.17) is 4.74 Å². The molecule has 33 heavy (non-hydrogen) atoms. The molecule has 0 heterocycles. The van der Waals surface area contributed by atoms with Gasteiger partial charge in [-0.3, -0.25) is 9.59 Å². The highest BCUT2D eigenvalue weighted by Crippen LogP contribution is 2.53. The molecule has 5 atom stereocenters. The molecule has 0 aliphatic heterocycles. The molecule has 5 saturated carbocycles. The van der Waals surface area contributed by atoms with Gasteiger partial charge in [0.15, 0.2) is 0 Å². The third-order valence-corrected chi connectivity index (χ3v) is 9.26. The molecular formula is C28H38N2O3. The van der Waals surface area contributed by atoms with Crippen molar-refractivity contribution in [2.75, 3.05) is 0 Å². The van der Waals surface area contributed by atoms with Crippen molar-refractivity contribution in [3.63, 3.8) is 0 Å².